The third-order valence-corrected chi connectivity index (χ3v) is 5.61. The highest BCUT2D eigenvalue weighted by Crippen LogP contribution is 2.37. The number of methoxy groups -OCH3 is 1. The molecule has 0 saturated carbocycles. The number of nitrogens with zero attached hydrogens (tertiary/aromatic N) is 3. The van der Waals surface area contributed by atoms with Gasteiger partial charge in [-0.2, -0.15) is 8.78 Å². The molecule has 5 nitrogen and oxygen atoms in total. The summed E-state index contributed by atoms with van der Waals surface area (Å²) in [4.78, 5) is 17.2. The molecule has 2 aromatic heterocycles. The van der Waals surface area contributed by atoms with Crippen molar-refractivity contribution in [3.63, 3.8) is 0 Å². The number of imidazole rings is 1. The molecular weight excluding hydrogens is 431 g/mol. The molecule has 0 bridgehead atoms. The van der Waals surface area contributed by atoms with Crippen LogP contribution in [0.4, 0.5) is 13.2 Å². The molecule has 2 heterocycles. The molecule has 8 heteroatoms. The van der Waals surface area contributed by atoms with E-state index < -0.39 is 28.9 Å². The topological polar surface area (TPSA) is 49.0 Å². The third-order valence-electron chi connectivity index (χ3n) is 5.61. The lowest BCUT2D eigenvalue weighted by Gasteiger charge is -2.22. The first-order valence-corrected chi connectivity index (χ1v) is 10.3. The number of hydrogen-bond acceptors (Lipinski definition) is 3. The first-order chi connectivity index (χ1) is 15.7. The van der Waals surface area contributed by atoms with Crippen LogP contribution in [0, 0.1) is 12.7 Å². The summed E-state index contributed by atoms with van der Waals surface area (Å²) >= 11 is 0. The van der Waals surface area contributed by atoms with Crippen molar-refractivity contribution in [2.45, 2.75) is 25.8 Å². The van der Waals surface area contributed by atoms with Crippen LogP contribution in [0.1, 0.15) is 35.3 Å². The number of aromatic nitrogens is 3. The Hall–Kier alpha value is -3.81. The number of hydrogen-bond donors (Lipinski definition) is 0. The van der Waals surface area contributed by atoms with Gasteiger partial charge in [0.2, 0.25) is 0 Å². The molecule has 33 heavy (non-hydrogen) atoms. The van der Waals surface area contributed by atoms with E-state index in [1.165, 1.54) is 66.4 Å². The summed E-state index contributed by atoms with van der Waals surface area (Å²) in [5, 5.41) is 0. The number of benzene rings is 2. The number of pyridine rings is 1. The molecule has 170 valence electrons. The summed E-state index contributed by atoms with van der Waals surface area (Å²) in [6, 6.07) is 11.6. The largest absolute Gasteiger partial charge is 0.495 e. The van der Waals surface area contributed by atoms with Crippen LogP contribution < -0.4 is 10.3 Å². The van der Waals surface area contributed by atoms with Crippen LogP contribution in [0.2, 0.25) is 0 Å². The lowest BCUT2D eigenvalue weighted by atomic mass is 10.00. The van der Waals surface area contributed by atoms with Gasteiger partial charge in [0.15, 0.2) is 0 Å². The van der Waals surface area contributed by atoms with E-state index >= 15 is 8.78 Å². The fourth-order valence-electron chi connectivity index (χ4n) is 3.75. The highest BCUT2D eigenvalue weighted by Gasteiger charge is 2.38. The molecule has 0 radical (unpaired) electrons. The summed E-state index contributed by atoms with van der Waals surface area (Å²) < 4.78 is 52.6. The maximum atomic E-state index is 15.6. The van der Waals surface area contributed by atoms with Crippen LogP contribution in [0.5, 0.6) is 5.75 Å². The fourth-order valence-corrected chi connectivity index (χ4v) is 3.75. The molecule has 2 aromatic carbocycles. The van der Waals surface area contributed by atoms with Crippen LogP contribution in [-0.2, 0) is 5.92 Å². The van der Waals surface area contributed by atoms with E-state index in [0.29, 0.717) is 11.3 Å². The Morgan fingerprint density at radius 2 is 1.82 bits per heavy atom. The van der Waals surface area contributed by atoms with Crippen LogP contribution >= 0.6 is 0 Å². The summed E-state index contributed by atoms with van der Waals surface area (Å²) in [5.41, 5.74) is 0.0873. The zero-order valence-electron chi connectivity index (χ0n) is 18.3. The Labute approximate surface area is 188 Å². The van der Waals surface area contributed by atoms with Crippen molar-refractivity contribution in [2.24, 2.45) is 0 Å². The van der Waals surface area contributed by atoms with Crippen molar-refractivity contribution in [2.75, 3.05) is 7.11 Å². The van der Waals surface area contributed by atoms with E-state index in [4.69, 9.17) is 4.74 Å². The van der Waals surface area contributed by atoms with E-state index in [1.54, 1.807) is 24.0 Å². The van der Waals surface area contributed by atoms with Gasteiger partial charge in [0, 0.05) is 18.0 Å². The highest BCUT2D eigenvalue weighted by molar-refractivity contribution is 5.51. The van der Waals surface area contributed by atoms with E-state index in [-0.39, 0.29) is 11.3 Å². The second-order valence-corrected chi connectivity index (χ2v) is 7.75. The van der Waals surface area contributed by atoms with E-state index in [2.05, 4.69) is 4.98 Å². The molecule has 4 aromatic rings. The molecule has 0 fully saturated rings. The van der Waals surface area contributed by atoms with Gasteiger partial charge in [0.1, 0.15) is 11.6 Å². The van der Waals surface area contributed by atoms with Gasteiger partial charge in [-0.1, -0.05) is 18.2 Å². The van der Waals surface area contributed by atoms with Gasteiger partial charge < -0.3 is 13.9 Å². The first-order valence-electron chi connectivity index (χ1n) is 10.3. The van der Waals surface area contributed by atoms with Crippen LogP contribution in [0.3, 0.4) is 0 Å². The summed E-state index contributed by atoms with van der Waals surface area (Å²) in [7, 11) is 1.39. The van der Waals surface area contributed by atoms with Crippen molar-refractivity contribution in [3.05, 3.63) is 112 Å². The SMILES string of the molecule is COc1cc(C(F)(F)c2cccn(C(C)c3ccc(F)cc3)c2=O)ccc1-n1cnc(C)c1. The molecule has 0 aliphatic heterocycles. The van der Waals surface area contributed by atoms with Crippen LogP contribution in [-0.4, -0.2) is 21.2 Å². The number of aryl methyl sites for hydroxylation is 1. The minimum Gasteiger partial charge on any atom is -0.495 e. The Morgan fingerprint density at radius 1 is 1.09 bits per heavy atom. The summed E-state index contributed by atoms with van der Waals surface area (Å²) in [6.07, 6.45) is 4.76. The van der Waals surface area contributed by atoms with Crippen molar-refractivity contribution in [1.29, 1.82) is 0 Å². The minimum atomic E-state index is -3.57. The highest BCUT2D eigenvalue weighted by atomic mass is 19.3. The van der Waals surface area contributed by atoms with Crippen LogP contribution in [0.15, 0.2) is 78.1 Å². The molecule has 0 N–H and O–H groups in total. The van der Waals surface area contributed by atoms with Gasteiger partial charge in [0.05, 0.1) is 36.4 Å². The Bertz CT molecular complexity index is 1340. The van der Waals surface area contributed by atoms with Gasteiger partial charge in [-0.15, -0.1) is 0 Å². The molecule has 0 saturated heterocycles. The monoisotopic (exact) mass is 453 g/mol. The maximum absolute atomic E-state index is 15.6. The molecule has 4 rings (SSSR count). The van der Waals surface area contributed by atoms with Gasteiger partial charge in [-0.3, -0.25) is 4.79 Å². The maximum Gasteiger partial charge on any atom is 0.303 e. The van der Waals surface area contributed by atoms with Crippen LogP contribution in [0.25, 0.3) is 5.69 Å². The summed E-state index contributed by atoms with van der Waals surface area (Å²) in [5.74, 6) is -3.76. The van der Waals surface area contributed by atoms with Crippen molar-refractivity contribution in [1.82, 2.24) is 14.1 Å². The van der Waals surface area contributed by atoms with Crippen molar-refractivity contribution < 1.29 is 17.9 Å². The predicted molar refractivity (Wildman–Crippen MR) is 119 cm³/mol. The molecule has 0 amide bonds. The van der Waals surface area contributed by atoms with Crippen molar-refractivity contribution >= 4 is 0 Å². The Balaban J connectivity index is 1.75. The van der Waals surface area contributed by atoms with E-state index in [9.17, 15) is 9.18 Å². The predicted octanol–water partition coefficient (Wildman–Crippen LogP) is 5.24. The zero-order valence-corrected chi connectivity index (χ0v) is 18.3. The van der Waals surface area contributed by atoms with Gasteiger partial charge >= 0.3 is 5.92 Å². The zero-order chi connectivity index (χ0) is 23.8. The average Bonchev–Trinajstić information content (AvgIpc) is 3.24. The standard InChI is InChI=1S/C25H22F3N3O2/c1-16-14-30(15-29-16)22-11-8-19(13-23(22)33-3)25(27,28)21-5-4-12-31(24(21)32)17(2)18-6-9-20(26)10-7-18/h4-15,17H,1-3H3. The number of rotatable bonds is 6. The third kappa shape index (κ3) is 4.16. The van der Waals surface area contributed by atoms with Crippen molar-refractivity contribution in [3.8, 4) is 11.4 Å². The van der Waals surface area contributed by atoms with Gasteiger partial charge in [0.25, 0.3) is 5.56 Å². The van der Waals surface area contributed by atoms with E-state index in [1.807, 2.05) is 6.92 Å². The average molecular weight is 453 g/mol. The molecule has 1 unspecified atom stereocenters. The molecule has 1 atom stereocenters. The molecule has 0 aliphatic rings. The van der Waals surface area contributed by atoms with E-state index in [0.717, 1.165) is 11.8 Å². The van der Waals surface area contributed by atoms with Gasteiger partial charge in [-0.05, 0) is 55.8 Å². The molecule has 0 spiro atoms. The smallest absolute Gasteiger partial charge is 0.303 e. The Morgan fingerprint density at radius 3 is 2.45 bits per heavy atom. The molecule has 0 aliphatic carbocycles. The summed E-state index contributed by atoms with van der Waals surface area (Å²) in [6.45, 7) is 3.51. The molecular formula is C25H22F3N3O2. The first kappa shape index (κ1) is 22.4. The number of halogens is 3. The number of alkyl halides is 2. The second kappa shape index (κ2) is 8.61. The number of ether oxygens (including phenoxy) is 1. The lowest BCUT2D eigenvalue weighted by Crippen LogP contribution is -2.32. The minimum absolute atomic E-state index is 0.223. The lowest BCUT2D eigenvalue weighted by molar-refractivity contribution is 0.0404. The Kier molecular flexibility index (Phi) is 5.84. The fraction of sp³-hybridized carbons (Fsp3) is 0.200. The van der Waals surface area contributed by atoms with Gasteiger partial charge in [-0.25, -0.2) is 9.37 Å². The second-order valence-electron chi connectivity index (χ2n) is 7.75. The normalized spacial score (nSPS) is 12.5. The quantitative estimate of drug-likeness (QED) is 0.401.